The van der Waals surface area contributed by atoms with Gasteiger partial charge in [-0.15, -0.1) is 0 Å². The van der Waals surface area contributed by atoms with Gasteiger partial charge in [-0.25, -0.2) is 0 Å². The first-order valence-corrected chi connectivity index (χ1v) is 9.15. The molecule has 4 aliphatic carbocycles. The van der Waals surface area contributed by atoms with E-state index in [2.05, 4.69) is 32.9 Å². The van der Waals surface area contributed by atoms with E-state index in [0.29, 0.717) is 17.1 Å². The summed E-state index contributed by atoms with van der Waals surface area (Å²) >= 11 is 0. The lowest BCUT2D eigenvalue weighted by atomic mass is 9.54. The van der Waals surface area contributed by atoms with Gasteiger partial charge in [-0.05, 0) is 72.0 Å². The molecule has 4 aliphatic rings. The first-order chi connectivity index (χ1) is 10.5. The van der Waals surface area contributed by atoms with Crippen molar-refractivity contribution in [2.45, 2.75) is 65.7 Å². The number of fused-ring (bicyclic) bond motifs is 4. The summed E-state index contributed by atoms with van der Waals surface area (Å²) in [6, 6.07) is 0. The second-order valence-electron chi connectivity index (χ2n) is 8.40. The number of carbonyl (C=O) groups excluding carboxylic acids is 1. The Hall–Kier alpha value is -1.11. The quantitative estimate of drug-likeness (QED) is 0.634. The van der Waals surface area contributed by atoms with Crippen LogP contribution in [0.15, 0.2) is 34.9 Å². The lowest BCUT2D eigenvalue weighted by Crippen LogP contribution is -2.41. The van der Waals surface area contributed by atoms with Gasteiger partial charge in [-0.3, -0.25) is 4.79 Å². The zero-order valence-corrected chi connectivity index (χ0v) is 14.2. The van der Waals surface area contributed by atoms with Crippen LogP contribution in [0.25, 0.3) is 0 Å². The van der Waals surface area contributed by atoms with Gasteiger partial charge >= 0.3 is 0 Å². The van der Waals surface area contributed by atoms with E-state index in [0.717, 1.165) is 18.8 Å². The molecule has 0 saturated heterocycles. The molecule has 1 saturated carbocycles. The minimum atomic E-state index is 0.205. The average molecular weight is 296 g/mol. The first-order valence-electron chi connectivity index (χ1n) is 9.15. The summed E-state index contributed by atoms with van der Waals surface area (Å²) in [6.45, 7) is 7.30. The maximum Gasteiger partial charge on any atom is 0.156 e. The SMILES string of the molecule is CC[C@H]1CCC2=C3C=CC4=CC(=O)CC[C@]4(C)[C@H]3CC[C@@]21C. The summed E-state index contributed by atoms with van der Waals surface area (Å²) in [5.74, 6) is 1.85. The van der Waals surface area contributed by atoms with Crippen LogP contribution < -0.4 is 0 Å². The van der Waals surface area contributed by atoms with Crippen molar-refractivity contribution in [3.05, 3.63) is 34.9 Å². The molecule has 0 aromatic carbocycles. The number of hydrogen-bond donors (Lipinski definition) is 0. The molecule has 0 heterocycles. The molecule has 1 nitrogen and oxygen atoms in total. The van der Waals surface area contributed by atoms with Crippen LogP contribution in [-0.4, -0.2) is 5.78 Å². The van der Waals surface area contributed by atoms with E-state index in [1.54, 1.807) is 11.1 Å². The van der Waals surface area contributed by atoms with Gasteiger partial charge in [0, 0.05) is 6.42 Å². The van der Waals surface area contributed by atoms with Crippen LogP contribution in [0.1, 0.15) is 65.7 Å². The molecule has 0 radical (unpaired) electrons. The summed E-state index contributed by atoms with van der Waals surface area (Å²) in [7, 11) is 0. The number of carbonyl (C=O) groups is 1. The molecule has 22 heavy (non-hydrogen) atoms. The van der Waals surface area contributed by atoms with E-state index >= 15 is 0 Å². The van der Waals surface area contributed by atoms with Crippen molar-refractivity contribution in [2.24, 2.45) is 22.7 Å². The third kappa shape index (κ3) is 1.74. The lowest BCUT2D eigenvalue weighted by Gasteiger charge is -2.50. The molecule has 1 fully saturated rings. The van der Waals surface area contributed by atoms with Crippen LogP contribution in [0.2, 0.25) is 0 Å². The lowest BCUT2D eigenvalue weighted by molar-refractivity contribution is -0.116. The van der Waals surface area contributed by atoms with Crippen LogP contribution in [-0.2, 0) is 4.79 Å². The smallest absolute Gasteiger partial charge is 0.156 e. The molecule has 0 aromatic heterocycles. The molecule has 0 aliphatic heterocycles. The monoisotopic (exact) mass is 296 g/mol. The molecule has 0 amide bonds. The van der Waals surface area contributed by atoms with Crippen molar-refractivity contribution in [2.75, 3.05) is 0 Å². The Morgan fingerprint density at radius 1 is 1.09 bits per heavy atom. The average Bonchev–Trinajstić information content (AvgIpc) is 2.84. The highest BCUT2D eigenvalue weighted by atomic mass is 16.1. The fourth-order valence-corrected chi connectivity index (χ4v) is 6.07. The van der Waals surface area contributed by atoms with Crippen LogP contribution in [0.5, 0.6) is 0 Å². The Labute approximate surface area is 134 Å². The van der Waals surface area contributed by atoms with Gasteiger partial charge in [0.15, 0.2) is 5.78 Å². The molecule has 0 spiro atoms. The number of rotatable bonds is 1. The Morgan fingerprint density at radius 3 is 2.68 bits per heavy atom. The summed E-state index contributed by atoms with van der Waals surface area (Å²) < 4.78 is 0. The van der Waals surface area contributed by atoms with E-state index in [1.807, 2.05) is 6.08 Å². The highest BCUT2D eigenvalue weighted by Crippen LogP contribution is 2.62. The number of ketones is 1. The van der Waals surface area contributed by atoms with E-state index in [4.69, 9.17) is 0 Å². The van der Waals surface area contributed by atoms with Crippen molar-refractivity contribution in [1.29, 1.82) is 0 Å². The molecule has 4 atom stereocenters. The molecule has 0 bridgehead atoms. The second-order valence-corrected chi connectivity index (χ2v) is 8.40. The van der Waals surface area contributed by atoms with Gasteiger partial charge in [-0.1, -0.05) is 44.9 Å². The van der Waals surface area contributed by atoms with Crippen molar-refractivity contribution in [1.82, 2.24) is 0 Å². The van der Waals surface area contributed by atoms with E-state index < -0.39 is 0 Å². The third-order valence-corrected chi connectivity index (χ3v) is 7.58. The fourth-order valence-electron chi connectivity index (χ4n) is 6.07. The Bertz CT molecular complexity index is 620. The number of hydrogen-bond acceptors (Lipinski definition) is 1. The van der Waals surface area contributed by atoms with E-state index in [-0.39, 0.29) is 5.41 Å². The standard InChI is InChI=1S/C21H28O/c1-4-14-6-8-18-17-7-5-15-13-16(22)9-11-21(15,3)19(17)10-12-20(14,18)2/h5,7,13-14,19H,4,6,8-12H2,1-3H3/t14-,19-,20+,21-/m0/s1. The maximum atomic E-state index is 11.8. The molecule has 0 aromatic rings. The van der Waals surface area contributed by atoms with Crippen LogP contribution in [0, 0.1) is 22.7 Å². The molecule has 4 rings (SSSR count). The van der Waals surface area contributed by atoms with Crippen molar-refractivity contribution < 1.29 is 4.79 Å². The number of allylic oxidation sites excluding steroid dienone is 6. The molecular formula is C21H28O. The largest absolute Gasteiger partial charge is 0.295 e. The van der Waals surface area contributed by atoms with E-state index in [9.17, 15) is 4.79 Å². The van der Waals surface area contributed by atoms with Gasteiger partial charge in [0.25, 0.3) is 0 Å². The Kier molecular flexibility index (Phi) is 3.09. The Balaban J connectivity index is 1.84. The fraction of sp³-hybridized carbons (Fsp3) is 0.667. The summed E-state index contributed by atoms with van der Waals surface area (Å²) in [5.41, 5.74) is 5.37. The Morgan fingerprint density at radius 2 is 1.91 bits per heavy atom. The molecule has 118 valence electrons. The molecular weight excluding hydrogens is 268 g/mol. The van der Waals surface area contributed by atoms with E-state index in [1.165, 1.54) is 37.7 Å². The van der Waals surface area contributed by atoms with Gasteiger partial charge in [0.05, 0.1) is 0 Å². The molecule has 0 unspecified atom stereocenters. The maximum absolute atomic E-state index is 11.8. The van der Waals surface area contributed by atoms with Crippen LogP contribution in [0.3, 0.4) is 0 Å². The summed E-state index contributed by atoms with van der Waals surface area (Å²) in [4.78, 5) is 11.8. The normalized spacial score (nSPS) is 43.6. The van der Waals surface area contributed by atoms with Gasteiger partial charge in [0.1, 0.15) is 0 Å². The first kappa shape index (κ1) is 14.5. The molecule has 1 heteroatoms. The highest BCUT2D eigenvalue weighted by Gasteiger charge is 2.51. The third-order valence-electron chi connectivity index (χ3n) is 7.58. The summed E-state index contributed by atoms with van der Waals surface area (Å²) in [5, 5.41) is 0. The zero-order chi connectivity index (χ0) is 15.5. The minimum absolute atomic E-state index is 0.205. The second kappa shape index (κ2) is 4.69. The van der Waals surface area contributed by atoms with Gasteiger partial charge in [0.2, 0.25) is 0 Å². The van der Waals surface area contributed by atoms with Crippen molar-refractivity contribution in [3.63, 3.8) is 0 Å². The van der Waals surface area contributed by atoms with Gasteiger partial charge < -0.3 is 0 Å². The highest BCUT2D eigenvalue weighted by molar-refractivity contribution is 5.92. The van der Waals surface area contributed by atoms with Gasteiger partial charge in [-0.2, -0.15) is 0 Å². The van der Waals surface area contributed by atoms with Crippen molar-refractivity contribution in [3.8, 4) is 0 Å². The topological polar surface area (TPSA) is 17.1 Å². The van der Waals surface area contributed by atoms with Crippen LogP contribution >= 0.6 is 0 Å². The zero-order valence-electron chi connectivity index (χ0n) is 14.2. The predicted octanol–water partition coefficient (Wildman–Crippen LogP) is 5.38. The minimum Gasteiger partial charge on any atom is -0.295 e. The predicted molar refractivity (Wildman–Crippen MR) is 90.4 cm³/mol. The molecule has 0 N–H and O–H groups in total. The van der Waals surface area contributed by atoms with Crippen molar-refractivity contribution >= 4 is 5.78 Å². The van der Waals surface area contributed by atoms with Crippen LogP contribution in [0.4, 0.5) is 0 Å². The summed E-state index contributed by atoms with van der Waals surface area (Å²) in [6.07, 6.45) is 15.0.